The van der Waals surface area contributed by atoms with Crippen LogP contribution in [0, 0.1) is 5.92 Å². The third kappa shape index (κ3) is 5.47. The molecule has 3 heterocycles. The summed E-state index contributed by atoms with van der Waals surface area (Å²) in [5, 5.41) is 5.47. The van der Waals surface area contributed by atoms with Crippen LogP contribution >= 0.6 is 15.9 Å². The van der Waals surface area contributed by atoms with Gasteiger partial charge in [-0.05, 0) is 59.1 Å². The molecule has 0 aliphatic carbocycles. The third-order valence-electron chi connectivity index (χ3n) is 4.50. The Kier molecular flexibility index (Phi) is 6.71. The lowest BCUT2D eigenvalue weighted by molar-refractivity contribution is -0.130. The van der Waals surface area contributed by atoms with Crippen LogP contribution in [0.4, 0.5) is 11.5 Å². The maximum Gasteiger partial charge on any atom is 0.275 e. The Morgan fingerprint density at radius 2 is 2.03 bits per heavy atom. The third-order valence-corrected chi connectivity index (χ3v) is 4.94. The van der Waals surface area contributed by atoms with Crippen molar-refractivity contribution in [2.24, 2.45) is 5.92 Å². The second kappa shape index (κ2) is 9.42. The standard InChI is InChI=1S/C20H20BrN5O3/c1-2-18(27)26-10-4-5-13(12-26)19(28)23-14-8-9-17(22-11-14)25-20(29)15-6-3-7-16(21)24-15/h2-3,6-9,11,13H,1,4-5,10,12H2,(H,23,28)(H,22,25,29)/t13-/m1/s1. The molecule has 29 heavy (non-hydrogen) atoms. The Hall–Kier alpha value is -3.07. The normalized spacial score (nSPS) is 16.0. The number of anilines is 2. The van der Waals surface area contributed by atoms with Gasteiger partial charge in [-0.2, -0.15) is 0 Å². The maximum atomic E-state index is 12.5. The number of hydrogen-bond donors (Lipinski definition) is 2. The number of nitrogens with zero attached hydrogens (tertiary/aromatic N) is 3. The number of carbonyl (C=O) groups excluding carboxylic acids is 3. The van der Waals surface area contributed by atoms with E-state index in [1.807, 2.05) is 0 Å². The lowest BCUT2D eigenvalue weighted by Crippen LogP contribution is -2.43. The molecular weight excluding hydrogens is 438 g/mol. The summed E-state index contributed by atoms with van der Waals surface area (Å²) in [6.07, 6.45) is 4.22. The molecule has 1 atom stereocenters. The van der Waals surface area contributed by atoms with E-state index in [0.717, 1.165) is 6.42 Å². The molecule has 2 aromatic heterocycles. The molecule has 1 fully saturated rings. The van der Waals surface area contributed by atoms with Crippen LogP contribution in [-0.4, -0.2) is 45.7 Å². The number of likely N-dealkylation sites (tertiary alicyclic amines) is 1. The number of pyridine rings is 2. The molecule has 0 bridgehead atoms. The summed E-state index contributed by atoms with van der Waals surface area (Å²) in [6, 6.07) is 8.29. The molecule has 0 saturated carbocycles. The van der Waals surface area contributed by atoms with Crippen molar-refractivity contribution >= 4 is 45.2 Å². The molecule has 150 valence electrons. The van der Waals surface area contributed by atoms with E-state index in [-0.39, 0.29) is 29.3 Å². The quantitative estimate of drug-likeness (QED) is 0.530. The van der Waals surface area contributed by atoms with Crippen LogP contribution < -0.4 is 10.6 Å². The van der Waals surface area contributed by atoms with Gasteiger partial charge in [0, 0.05) is 13.1 Å². The average Bonchev–Trinajstić information content (AvgIpc) is 2.74. The van der Waals surface area contributed by atoms with Crippen molar-refractivity contribution in [3.8, 4) is 0 Å². The van der Waals surface area contributed by atoms with Crippen molar-refractivity contribution in [3.63, 3.8) is 0 Å². The summed E-state index contributed by atoms with van der Waals surface area (Å²) in [7, 11) is 0. The van der Waals surface area contributed by atoms with E-state index in [4.69, 9.17) is 0 Å². The lowest BCUT2D eigenvalue weighted by Gasteiger charge is -2.31. The number of hydrogen-bond acceptors (Lipinski definition) is 5. The van der Waals surface area contributed by atoms with Crippen molar-refractivity contribution in [1.82, 2.24) is 14.9 Å². The first-order valence-electron chi connectivity index (χ1n) is 9.08. The molecule has 9 heteroatoms. The molecule has 8 nitrogen and oxygen atoms in total. The Bertz CT molecular complexity index is 932. The monoisotopic (exact) mass is 457 g/mol. The molecule has 1 aliphatic rings. The van der Waals surface area contributed by atoms with E-state index in [9.17, 15) is 14.4 Å². The van der Waals surface area contributed by atoms with Gasteiger partial charge >= 0.3 is 0 Å². The number of halogens is 1. The number of piperidine rings is 1. The van der Waals surface area contributed by atoms with Crippen LogP contribution in [0.15, 0.2) is 53.8 Å². The minimum Gasteiger partial charge on any atom is -0.338 e. The van der Waals surface area contributed by atoms with Crippen LogP contribution in [0.25, 0.3) is 0 Å². The highest BCUT2D eigenvalue weighted by Gasteiger charge is 2.27. The van der Waals surface area contributed by atoms with Gasteiger partial charge in [-0.25, -0.2) is 9.97 Å². The smallest absolute Gasteiger partial charge is 0.275 e. The average molecular weight is 458 g/mol. The first-order chi connectivity index (χ1) is 14.0. The second-order valence-electron chi connectivity index (χ2n) is 6.55. The van der Waals surface area contributed by atoms with Crippen molar-refractivity contribution in [3.05, 3.63) is 59.5 Å². The Balaban J connectivity index is 1.57. The molecule has 2 N–H and O–H groups in total. The van der Waals surface area contributed by atoms with E-state index >= 15 is 0 Å². The molecule has 3 rings (SSSR count). The molecule has 0 radical (unpaired) electrons. The molecule has 3 amide bonds. The zero-order valence-corrected chi connectivity index (χ0v) is 17.2. The molecule has 0 unspecified atom stereocenters. The van der Waals surface area contributed by atoms with Gasteiger partial charge < -0.3 is 15.5 Å². The number of carbonyl (C=O) groups is 3. The van der Waals surface area contributed by atoms with Crippen LogP contribution in [0.3, 0.4) is 0 Å². The van der Waals surface area contributed by atoms with Crippen LogP contribution in [-0.2, 0) is 9.59 Å². The summed E-state index contributed by atoms with van der Waals surface area (Å²) < 4.78 is 0.562. The number of rotatable bonds is 5. The highest BCUT2D eigenvalue weighted by molar-refractivity contribution is 9.10. The fourth-order valence-corrected chi connectivity index (χ4v) is 3.37. The second-order valence-corrected chi connectivity index (χ2v) is 7.36. The van der Waals surface area contributed by atoms with Crippen molar-refractivity contribution in [2.75, 3.05) is 23.7 Å². The molecule has 1 saturated heterocycles. The summed E-state index contributed by atoms with van der Waals surface area (Å²) in [5.74, 6) is -0.651. The van der Waals surface area contributed by atoms with Crippen LogP contribution in [0.2, 0.25) is 0 Å². The summed E-state index contributed by atoms with van der Waals surface area (Å²) in [4.78, 5) is 46.4. The number of amides is 3. The van der Waals surface area contributed by atoms with Gasteiger partial charge in [-0.1, -0.05) is 12.6 Å². The number of nitrogens with one attached hydrogen (secondary N) is 2. The molecule has 0 spiro atoms. The van der Waals surface area contributed by atoms with Gasteiger partial charge in [0.1, 0.15) is 16.1 Å². The van der Waals surface area contributed by atoms with E-state index in [2.05, 4.69) is 43.1 Å². The highest BCUT2D eigenvalue weighted by Crippen LogP contribution is 2.19. The first-order valence-corrected chi connectivity index (χ1v) is 9.87. The van der Waals surface area contributed by atoms with Crippen molar-refractivity contribution < 1.29 is 14.4 Å². The predicted molar refractivity (Wildman–Crippen MR) is 112 cm³/mol. The van der Waals surface area contributed by atoms with Crippen LogP contribution in [0.5, 0.6) is 0 Å². The van der Waals surface area contributed by atoms with Gasteiger partial charge in [-0.3, -0.25) is 14.4 Å². The van der Waals surface area contributed by atoms with Gasteiger partial charge in [0.05, 0.1) is 17.8 Å². The first kappa shape index (κ1) is 20.7. The molecule has 1 aliphatic heterocycles. The largest absolute Gasteiger partial charge is 0.338 e. The van der Waals surface area contributed by atoms with Gasteiger partial charge in [0.15, 0.2) is 0 Å². The minimum atomic E-state index is -0.384. The minimum absolute atomic E-state index is 0.163. The van der Waals surface area contributed by atoms with Crippen molar-refractivity contribution in [2.45, 2.75) is 12.8 Å². The summed E-state index contributed by atoms with van der Waals surface area (Å²) >= 11 is 3.22. The Morgan fingerprint density at radius 3 is 2.72 bits per heavy atom. The molecule has 2 aromatic rings. The van der Waals surface area contributed by atoms with E-state index in [0.29, 0.717) is 35.6 Å². The Morgan fingerprint density at radius 1 is 1.21 bits per heavy atom. The SMILES string of the molecule is C=CC(=O)N1CCC[C@@H](C(=O)Nc2ccc(NC(=O)c3cccc(Br)n3)nc2)C1. The van der Waals surface area contributed by atoms with E-state index in [1.165, 1.54) is 12.3 Å². The van der Waals surface area contributed by atoms with Crippen LogP contribution in [0.1, 0.15) is 23.3 Å². The zero-order chi connectivity index (χ0) is 20.8. The van der Waals surface area contributed by atoms with Gasteiger partial charge in [0.2, 0.25) is 11.8 Å². The maximum absolute atomic E-state index is 12.5. The fourth-order valence-electron chi connectivity index (χ4n) is 3.02. The topological polar surface area (TPSA) is 104 Å². The lowest BCUT2D eigenvalue weighted by atomic mass is 9.97. The Labute approximate surface area is 176 Å². The van der Waals surface area contributed by atoms with Gasteiger partial charge in [-0.15, -0.1) is 0 Å². The zero-order valence-electron chi connectivity index (χ0n) is 15.6. The highest BCUT2D eigenvalue weighted by atomic mass is 79.9. The van der Waals surface area contributed by atoms with E-state index < -0.39 is 0 Å². The summed E-state index contributed by atoms with van der Waals surface area (Å²) in [5.41, 5.74) is 0.773. The molecule has 0 aromatic carbocycles. The fraction of sp³-hybridized carbons (Fsp3) is 0.250. The van der Waals surface area contributed by atoms with E-state index in [1.54, 1.807) is 35.2 Å². The predicted octanol–water partition coefficient (Wildman–Crippen LogP) is 2.85. The van der Waals surface area contributed by atoms with Gasteiger partial charge in [0.25, 0.3) is 5.91 Å². The number of aromatic nitrogens is 2. The van der Waals surface area contributed by atoms with Crippen molar-refractivity contribution in [1.29, 1.82) is 0 Å². The summed E-state index contributed by atoms with van der Waals surface area (Å²) in [6.45, 7) is 4.50. The molecular formula is C20H20BrN5O3.